The number of ether oxygens (including phenoxy) is 2. The van der Waals surface area contributed by atoms with Crippen LogP contribution < -0.4 is 10.1 Å². The first-order chi connectivity index (χ1) is 15.1. The summed E-state index contributed by atoms with van der Waals surface area (Å²) in [6.07, 6.45) is 0. The highest BCUT2D eigenvalue weighted by Crippen LogP contribution is 2.28. The van der Waals surface area contributed by atoms with Gasteiger partial charge in [0.25, 0.3) is 5.91 Å². The van der Waals surface area contributed by atoms with Gasteiger partial charge in [-0.15, -0.1) is 16.4 Å². The van der Waals surface area contributed by atoms with Crippen LogP contribution in [0, 0.1) is 6.92 Å². The number of carbonyl (C=O) groups excluding carboxylic acids is 1. The van der Waals surface area contributed by atoms with Crippen molar-refractivity contribution in [3.05, 3.63) is 77.2 Å². The molecule has 0 radical (unpaired) electrons. The van der Waals surface area contributed by atoms with Crippen LogP contribution in [0.5, 0.6) is 6.01 Å². The number of aryl methyl sites for hydroxylation is 1. The first kappa shape index (κ1) is 20.8. The molecule has 8 heteroatoms. The number of methoxy groups -OCH3 is 1. The van der Waals surface area contributed by atoms with Crippen molar-refractivity contribution < 1.29 is 14.3 Å². The summed E-state index contributed by atoms with van der Waals surface area (Å²) in [5.74, 6) is 0.502. The molecule has 0 atom stereocenters. The molecule has 0 unspecified atom stereocenters. The van der Waals surface area contributed by atoms with Gasteiger partial charge in [-0.05, 0) is 48.7 Å². The Hall–Kier alpha value is -3.49. The normalized spacial score (nSPS) is 10.8. The van der Waals surface area contributed by atoms with Crippen LogP contribution in [0.1, 0.15) is 15.9 Å². The minimum Gasteiger partial charge on any atom is -0.460 e. The Morgan fingerprint density at radius 1 is 1.10 bits per heavy atom. The first-order valence-electron chi connectivity index (χ1n) is 9.75. The zero-order valence-electron chi connectivity index (χ0n) is 17.2. The molecule has 1 N–H and O–H groups in total. The number of nitrogens with one attached hydrogen (secondary N) is 1. The molecule has 0 bridgehead atoms. The summed E-state index contributed by atoms with van der Waals surface area (Å²) in [7, 11) is 1.61. The number of aromatic nitrogens is 3. The van der Waals surface area contributed by atoms with Crippen molar-refractivity contribution in [2.24, 2.45) is 0 Å². The van der Waals surface area contributed by atoms with Crippen LogP contribution in [-0.4, -0.2) is 41.0 Å². The van der Waals surface area contributed by atoms with Crippen molar-refractivity contribution in [2.75, 3.05) is 25.6 Å². The van der Waals surface area contributed by atoms with E-state index in [1.807, 2.05) is 73.0 Å². The molecule has 0 aliphatic carbocycles. The van der Waals surface area contributed by atoms with Gasteiger partial charge in [0, 0.05) is 18.4 Å². The molecule has 0 aliphatic rings. The van der Waals surface area contributed by atoms with E-state index in [-0.39, 0.29) is 11.9 Å². The largest absolute Gasteiger partial charge is 0.460 e. The van der Waals surface area contributed by atoms with Crippen LogP contribution in [0.15, 0.2) is 66.0 Å². The smallest absolute Gasteiger partial charge is 0.336 e. The fourth-order valence-corrected chi connectivity index (χ4v) is 3.64. The Kier molecular flexibility index (Phi) is 6.40. The van der Waals surface area contributed by atoms with E-state index < -0.39 is 0 Å². The summed E-state index contributed by atoms with van der Waals surface area (Å²) in [5.41, 5.74) is 3.14. The summed E-state index contributed by atoms with van der Waals surface area (Å²) in [4.78, 5) is 18.1. The Bertz CT molecular complexity index is 1150. The molecule has 158 valence electrons. The summed E-state index contributed by atoms with van der Waals surface area (Å²) in [6.45, 7) is 2.79. The first-order valence-corrected chi connectivity index (χ1v) is 10.6. The van der Waals surface area contributed by atoms with Crippen molar-refractivity contribution in [3.8, 4) is 22.4 Å². The molecule has 1 amide bonds. The quantitative estimate of drug-likeness (QED) is 0.411. The molecule has 2 aromatic heterocycles. The predicted molar refractivity (Wildman–Crippen MR) is 121 cm³/mol. The molecule has 2 heterocycles. The molecule has 2 aromatic carbocycles. The van der Waals surface area contributed by atoms with E-state index in [9.17, 15) is 4.79 Å². The lowest BCUT2D eigenvalue weighted by molar-refractivity contribution is 0.102. The van der Waals surface area contributed by atoms with Gasteiger partial charge in [-0.2, -0.15) is 4.98 Å². The van der Waals surface area contributed by atoms with E-state index in [1.165, 1.54) is 0 Å². The molecule has 0 saturated heterocycles. The van der Waals surface area contributed by atoms with E-state index in [1.54, 1.807) is 23.1 Å². The van der Waals surface area contributed by atoms with Gasteiger partial charge in [-0.25, -0.2) is 4.68 Å². The van der Waals surface area contributed by atoms with Crippen LogP contribution in [0.25, 0.3) is 16.4 Å². The van der Waals surface area contributed by atoms with Gasteiger partial charge in [0.2, 0.25) is 0 Å². The van der Waals surface area contributed by atoms with E-state index >= 15 is 0 Å². The molecule has 0 aliphatic heterocycles. The summed E-state index contributed by atoms with van der Waals surface area (Å²) in [5, 5.41) is 9.45. The van der Waals surface area contributed by atoms with Gasteiger partial charge in [0.15, 0.2) is 5.82 Å². The zero-order chi connectivity index (χ0) is 21.6. The van der Waals surface area contributed by atoms with Crippen molar-refractivity contribution in [1.82, 2.24) is 14.8 Å². The van der Waals surface area contributed by atoms with Crippen LogP contribution >= 0.6 is 11.3 Å². The standard InChI is InChI=1S/C23H22N4O3S/c1-16-8-10-17(11-9-16)22(28)24-18-5-3-6-19(15-18)27-21(20-7-4-14-31-20)25-23(26-27)30-13-12-29-2/h3-11,14-15H,12-13H2,1-2H3,(H,24,28). The minimum atomic E-state index is -0.169. The number of nitrogens with zero attached hydrogens (tertiary/aromatic N) is 3. The number of benzene rings is 2. The third kappa shape index (κ3) is 4.99. The number of carbonyl (C=O) groups is 1. The second-order valence-corrected chi connectivity index (χ2v) is 7.77. The zero-order valence-corrected chi connectivity index (χ0v) is 18.1. The van der Waals surface area contributed by atoms with Crippen LogP contribution in [0.2, 0.25) is 0 Å². The third-order valence-corrected chi connectivity index (χ3v) is 5.38. The number of anilines is 1. The van der Waals surface area contributed by atoms with Crippen LogP contribution in [-0.2, 0) is 4.74 Å². The van der Waals surface area contributed by atoms with Gasteiger partial charge < -0.3 is 14.8 Å². The Morgan fingerprint density at radius 2 is 1.94 bits per heavy atom. The van der Waals surface area contributed by atoms with E-state index in [2.05, 4.69) is 15.4 Å². The van der Waals surface area contributed by atoms with E-state index in [4.69, 9.17) is 9.47 Å². The predicted octanol–water partition coefficient (Wildman–Crippen LogP) is 4.58. The second kappa shape index (κ2) is 9.55. The Morgan fingerprint density at radius 3 is 2.68 bits per heavy atom. The number of hydrogen-bond donors (Lipinski definition) is 1. The molecule has 31 heavy (non-hydrogen) atoms. The Balaban J connectivity index is 1.61. The fraction of sp³-hybridized carbons (Fsp3) is 0.174. The molecule has 7 nitrogen and oxygen atoms in total. The lowest BCUT2D eigenvalue weighted by atomic mass is 10.1. The van der Waals surface area contributed by atoms with Crippen molar-refractivity contribution >= 4 is 22.9 Å². The van der Waals surface area contributed by atoms with Crippen molar-refractivity contribution in [3.63, 3.8) is 0 Å². The van der Waals surface area contributed by atoms with Gasteiger partial charge in [-0.3, -0.25) is 4.79 Å². The molecular formula is C23H22N4O3S. The minimum absolute atomic E-state index is 0.169. The Labute approximate surface area is 184 Å². The number of thiophene rings is 1. The maximum absolute atomic E-state index is 12.6. The van der Waals surface area contributed by atoms with E-state index in [0.717, 1.165) is 16.1 Å². The lowest BCUT2D eigenvalue weighted by Gasteiger charge is -2.09. The summed E-state index contributed by atoms with van der Waals surface area (Å²) >= 11 is 1.57. The van der Waals surface area contributed by atoms with Gasteiger partial charge >= 0.3 is 6.01 Å². The van der Waals surface area contributed by atoms with E-state index in [0.29, 0.717) is 30.3 Å². The van der Waals surface area contributed by atoms with Crippen molar-refractivity contribution in [2.45, 2.75) is 6.92 Å². The fourth-order valence-electron chi connectivity index (χ4n) is 2.94. The summed E-state index contributed by atoms with van der Waals surface area (Å²) < 4.78 is 12.4. The topological polar surface area (TPSA) is 78.3 Å². The maximum Gasteiger partial charge on any atom is 0.336 e. The highest BCUT2D eigenvalue weighted by atomic mass is 32.1. The molecule has 4 aromatic rings. The van der Waals surface area contributed by atoms with Crippen LogP contribution in [0.4, 0.5) is 5.69 Å². The molecule has 0 saturated carbocycles. The summed E-state index contributed by atoms with van der Waals surface area (Å²) in [6, 6.07) is 19.1. The van der Waals surface area contributed by atoms with Gasteiger partial charge in [0.1, 0.15) is 6.61 Å². The second-order valence-electron chi connectivity index (χ2n) is 6.82. The van der Waals surface area contributed by atoms with Gasteiger partial charge in [0.05, 0.1) is 17.2 Å². The SMILES string of the molecule is COCCOc1nc(-c2cccs2)n(-c2cccc(NC(=O)c3ccc(C)cc3)c2)n1. The van der Waals surface area contributed by atoms with Gasteiger partial charge in [-0.1, -0.05) is 29.8 Å². The monoisotopic (exact) mass is 434 g/mol. The highest BCUT2D eigenvalue weighted by molar-refractivity contribution is 7.13. The maximum atomic E-state index is 12.6. The average molecular weight is 435 g/mol. The van der Waals surface area contributed by atoms with Crippen molar-refractivity contribution in [1.29, 1.82) is 0 Å². The number of amides is 1. The molecule has 0 fully saturated rings. The average Bonchev–Trinajstić information content (AvgIpc) is 3.44. The number of rotatable bonds is 8. The van der Waals surface area contributed by atoms with Crippen LogP contribution in [0.3, 0.4) is 0 Å². The molecular weight excluding hydrogens is 412 g/mol. The highest BCUT2D eigenvalue weighted by Gasteiger charge is 2.16. The number of hydrogen-bond acceptors (Lipinski definition) is 6. The lowest BCUT2D eigenvalue weighted by Crippen LogP contribution is -2.12. The third-order valence-electron chi connectivity index (χ3n) is 4.51. The molecule has 4 rings (SSSR count). The molecule has 0 spiro atoms.